The summed E-state index contributed by atoms with van der Waals surface area (Å²) in [6.07, 6.45) is 0.618. The van der Waals surface area contributed by atoms with Gasteiger partial charge in [-0.05, 0) is 19.4 Å². The smallest absolute Gasteiger partial charge is 0.273 e. The quantitative estimate of drug-likeness (QED) is 0.609. The molecule has 98 valence electrons. The second-order valence-corrected chi connectivity index (χ2v) is 5.67. The predicted molar refractivity (Wildman–Crippen MR) is 62.3 cm³/mol. The van der Waals surface area contributed by atoms with Gasteiger partial charge in [0.05, 0.1) is 16.4 Å². The highest BCUT2D eigenvalue weighted by Crippen LogP contribution is 2.28. The van der Waals surface area contributed by atoms with E-state index in [2.05, 4.69) is 0 Å². The summed E-state index contributed by atoms with van der Waals surface area (Å²) in [5.74, 6) is 0. The maximum atomic E-state index is 12.2. The van der Waals surface area contributed by atoms with Gasteiger partial charge in [-0.3, -0.25) is 15.0 Å². The van der Waals surface area contributed by atoms with Crippen LogP contribution in [0.25, 0.3) is 0 Å². The fraction of sp³-hybridized carbons (Fsp3) is 0.400. The highest BCUT2D eigenvalue weighted by atomic mass is 32.2. The number of nitro benzene ring substituents is 1. The van der Waals surface area contributed by atoms with E-state index in [-0.39, 0.29) is 22.7 Å². The van der Waals surface area contributed by atoms with Crippen molar-refractivity contribution in [3.8, 4) is 0 Å². The summed E-state index contributed by atoms with van der Waals surface area (Å²) in [6, 6.07) is 3.98. The molecule has 0 aliphatic carbocycles. The molecule has 0 bridgehead atoms. The first-order chi connectivity index (χ1) is 8.44. The summed E-state index contributed by atoms with van der Waals surface area (Å²) >= 11 is 0. The molecule has 0 spiro atoms. The molecule has 8 heteroatoms. The largest absolute Gasteiger partial charge is 0.284 e. The fourth-order valence-corrected chi connectivity index (χ4v) is 3.35. The highest BCUT2D eigenvalue weighted by Gasteiger charge is 2.32. The van der Waals surface area contributed by atoms with E-state index in [0.29, 0.717) is 13.0 Å². The maximum Gasteiger partial charge on any atom is 0.273 e. The van der Waals surface area contributed by atoms with Crippen molar-refractivity contribution in [2.24, 2.45) is 0 Å². The molecule has 18 heavy (non-hydrogen) atoms. The Bertz CT molecular complexity index is 578. The zero-order chi connectivity index (χ0) is 13.3. The van der Waals surface area contributed by atoms with E-state index in [0.717, 1.165) is 4.47 Å². The number of benzene rings is 1. The van der Waals surface area contributed by atoms with Crippen molar-refractivity contribution in [2.75, 3.05) is 13.2 Å². The van der Waals surface area contributed by atoms with Gasteiger partial charge in [0.25, 0.3) is 15.7 Å². The van der Waals surface area contributed by atoms with Crippen molar-refractivity contribution in [1.82, 2.24) is 4.47 Å². The second-order valence-electron chi connectivity index (χ2n) is 3.88. The van der Waals surface area contributed by atoms with Crippen LogP contribution in [0.1, 0.15) is 12.0 Å². The lowest BCUT2D eigenvalue weighted by molar-refractivity contribution is -0.385. The van der Waals surface area contributed by atoms with E-state index in [1.807, 2.05) is 0 Å². The molecule has 0 radical (unpaired) electrons. The molecule has 2 rings (SSSR count). The van der Waals surface area contributed by atoms with Crippen molar-refractivity contribution in [3.05, 3.63) is 33.9 Å². The van der Waals surface area contributed by atoms with Crippen LogP contribution < -0.4 is 0 Å². The van der Waals surface area contributed by atoms with Crippen molar-refractivity contribution < 1.29 is 18.2 Å². The Labute approximate surface area is 104 Å². The number of rotatable bonds is 3. The zero-order valence-electron chi connectivity index (χ0n) is 9.70. The summed E-state index contributed by atoms with van der Waals surface area (Å²) in [6.45, 7) is 2.03. The van der Waals surface area contributed by atoms with Crippen LogP contribution in [0.4, 0.5) is 5.69 Å². The number of nitro groups is 1. The van der Waals surface area contributed by atoms with Crippen LogP contribution in [0.3, 0.4) is 0 Å². The number of hydrogen-bond acceptors (Lipinski definition) is 5. The van der Waals surface area contributed by atoms with Crippen molar-refractivity contribution in [3.63, 3.8) is 0 Å². The molecular weight excluding hydrogens is 260 g/mol. The number of sulfonamides is 1. The number of hydrogen-bond donors (Lipinski definition) is 0. The highest BCUT2D eigenvalue weighted by molar-refractivity contribution is 7.89. The SMILES string of the molecule is Cc1c([N+](=O)[O-])cccc1S(=O)(=O)N1CCCO1. The molecule has 1 aliphatic rings. The molecule has 0 unspecified atom stereocenters. The van der Waals surface area contributed by atoms with Crippen LogP contribution in [-0.2, 0) is 14.9 Å². The summed E-state index contributed by atoms with van der Waals surface area (Å²) in [4.78, 5) is 15.1. The molecular formula is C10H12N2O5S. The van der Waals surface area contributed by atoms with Gasteiger partial charge in [-0.15, -0.1) is 0 Å². The van der Waals surface area contributed by atoms with Crippen molar-refractivity contribution in [2.45, 2.75) is 18.2 Å². The van der Waals surface area contributed by atoms with E-state index in [1.165, 1.54) is 25.1 Å². The van der Waals surface area contributed by atoms with Gasteiger partial charge in [0, 0.05) is 18.2 Å². The molecule has 1 fully saturated rings. The summed E-state index contributed by atoms with van der Waals surface area (Å²) < 4.78 is 25.3. The number of nitrogens with zero attached hydrogens (tertiary/aromatic N) is 2. The third-order valence-corrected chi connectivity index (χ3v) is 4.54. The van der Waals surface area contributed by atoms with E-state index in [4.69, 9.17) is 4.84 Å². The molecule has 1 aromatic rings. The molecule has 0 aromatic heterocycles. The normalized spacial score (nSPS) is 16.9. The molecule has 0 saturated carbocycles. The van der Waals surface area contributed by atoms with Crippen LogP contribution >= 0.6 is 0 Å². The molecule has 1 aromatic carbocycles. The first-order valence-electron chi connectivity index (χ1n) is 5.34. The van der Waals surface area contributed by atoms with Crippen LogP contribution in [0.2, 0.25) is 0 Å². The Morgan fingerprint density at radius 3 is 2.72 bits per heavy atom. The van der Waals surface area contributed by atoms with Gasteiger partial charge in [-0.1, -0.05) is 10.5 Å². The Kier molecular flexibility index (Phi) is 3.33. The second kappa shape index (κ2) is 4.63. The van der Waals surface area contributed by atoms with Gasteiger partial charge in [0.15, 0.2) is 0 Å². The predicted octanol–water partition coefficient (Wildman–Crippen LogP) is 1.23. The lowest BCUT2D eigenvalue weighted by Gasteiger charge is -2.15. The lowest BCUT2D eigenvalue weighted by Crippen LogP contribution is -2.27. The lowest BCUT2D eigenvalue weighted by atomic mass is 10.2. The van der Waals surface area contributed by atoms with Crippen LogP contribution in [-0.4, -0.2) is 31.0 Å². The molecule has 0 atom stereocenters. The third-order valence-electron chi connectivity index (χ3n) is 2.72. The molecule has 0 N–H and O–H groups in total. The average Bonchev–Trinajstić information content (AvgIpc) is 2.82. The van der Waals surface area contributed by atoms with E-state index >= 15 is 0 Å². The summed E-state index contributed by atoms with van der Waals surface area (Å²) in [7, 11) is -3.82. The van der Waals surface area contributed by atoms with E-state index < -0.39 is 14.9 Å². The van der Waals surface area contributed by atoms with Crippen LogP contribution in [0.5, 0.6) is 0 Å². The Balaban J connectivity index is 2.51. The van der Waals surface area contributed by atoms with Gasteiger partial charge in [0.2, 0.25) is 0 Å². The minimum atomic E-state index is -3.82. The Morgan fingerprint density at radius 2 is 2.17 bits per heavy atom. The Hall–Kier alpha value is -1.51. The molecule has 0 amide bonds. The minimum absolute atomic E-state index is 0.0846. The van der Waals surface area contributed by atoms with Crippen LogP contribution in [0.15, 0.2) is 23.1 Å². The van der Waals surface area contributed by atoms with Gasteiger partial charge >= 0.3 is 0 Å². The Morgan fingerprint density at radius 1 is 1.44 bits per heavy atom. The first-order valence-corrected chi connectivity index (χ1v) is 6.78. The van der Waals surface area contributed by atoms with Crippen LogP contribution in [0, 0.1) is 17.0 Å². The minimum Gasteiger partial charge on any atom is -0.284 e. The molecule has 7 nitrogen and oxygen atoms in total. The van der Waals surface area contributed by atoms with Gasteiger partial charge in [-0.2, -0.15) is 0 Å². The topological polar surface area (TPSA) is 89.8 Å². The van der Waals surface area contributed by atoms with Crippen molar-refractivity contribution in [1.29, 1.82) is 0 Å². The van der Waals surface area contributed by atoms with Gasteiger partial charge in [0.1, 0.15) is 0 Å². The average molecular weight is 272 g/mol. The summed E-state index contributed by atoms with van der Waals surface area (Å²) in [5.41, 5.74) is -0.0896. The first kappa shape index (κ1) is 12.9. The fourth-order valence-electron chi connectivity index (χ4n) is 1.80. The molecule has 1 heterocycles. The monoisotopic (exact) mass is 272 g/mol. The summed E-state index contributed by atoms with van der Waals surface area (Å²) in [5, 5.41) is 10.8. The van der Waals surface area contributed by atoms with Gasteiger partial charge in [-0.25, -0.2) is 8.42 Å². The zero-order valence-corrected chi connectivity index (χ0v) is 10.5. The maximum absolute atomic E-state index is 12.2. The molecule has 1 aliphatic heterocycles. The third kappa shape index (κ3) is 2.09. The van der Waals surface area contributed by atoms with E-state index in [9.17, 15) is 18.5 Å². The number of hydroxylamine groups is 1. The van der Waals surface area contributed by atoms with Gasteiger partial charge < -0.3 is 0 Å². The van der Waals surface area contributed by atoms with E-state index in [1.54, 1.807) is 0 Å². The molecule has 1 saturated heterocycles. The standard InChI is InChI=1S/C10H12N2O5S/c1-8-9(12(13)14)4-2-5-10(8)18(15,16)11-6-3-7-17-11/h2,4-5H,3,6-7H2,1H3. The van der Waals surface area contributed by atoms with Crippen molar-refractivity contribution >= 4 is 15.7 Å².